The molecule has 4 nitrogen and oxygen atoms in total. The summed E-state index contributed by atoms with van der Waals surface area (Å²) in [7, 11) is -2.59. The molecule has 6 rings (SSSR count). The van der Waals surface area contributed by atoms with Crippen LogP contribution in [0.1, 0.15) is 12.0 Å². The molecule has 0 bridgehead atoms. The van der Waals surface area contributed by atoms with Crippen LogP contribution in [0.2, 0.25) is 0 Å². The van der Waals surface area contributed by atoms with Gasteiger partial charge in [0.1, 0.15) is 5.75 Å². The summed E-state index contributed by atoms with van der Waals surface area (Å²) < 4.78 is 7.66. The van der Waals surface area contributed by atoms with Gasteiger partial charge in [-0.1, -0.05) is 97.1 Å². The number of phenolic OH excluding ortho intramolecular Hbond substituents is 1. The molecule has 0 saturated carbocycles. The number of aryl methyl sites for hydroxylation is 1. The Morgan fingerprint density at radius 2 is 1.23 bits per heavy atom. The second kappa shape index (κ2) is 10.6. The van der Waals surface area contributed by atoms with Gasteiger partial charge in [0, 0.05) is 33.2 Å². The number of para-hydroxylation sites is 2. The molecule has 0 atom stereocenters. The average Bonchev–Trinajstić information content (AvgIpc) is 3.32. The molecule has 5 heteroatoms. The second-order valence-corrected chi connectivity index (χ2v) is 12.9. The van der Waals surface area contributed by atoms with Crippen molar-refractivity contribution in [1.82, 2.24) is 4.57 Å². The third-order valence-electron chi connectivity index (χ3n) is 7.32. The molecule has 6 aromatic rings. The summed E-state index contributed by atoms with van der Waals surface area (Å²) >= 11 is 0. The molecule has 1 heterocycles. The monoisotopic (exact) mass is 529 g/mol. The molecule has 3 N–H and O–H groups in total. The molecule has 0 saturated heterocycles. The van der Waals surface area contributed by atoms with E-state index < -0.39 is 7.05 Å². The number of benzene rings is 5. The van der Waals surface area contributed by atoms with Crippen LogP contribution < -0.4 is 21.6 Å². The highest BCUT2D eigenvalue weighted by atomic mass is 31.2. The first-order chi connectivity index (χ1) is 19.1. The van der Waals surface area contributed by atoms with Gasteiger partial charge in [0.2, 0.25) is 0 Å². The van der Waals surface area contributed by atoms with Gasteiger partial charge in [-0.2, -0.15) is 0 Å². The molecule has 194 valence electrons. The third kappa shape index (κ3) is 4.27. The van der Waals surface area contributed by atoms with Gasteiger partial charge in [-0.15, -0.1) is 0 Å². The molecular weight excluding hydrogens is 497 g/mol. The normalized spacial score (nSPS) is 11.7. The number of aromatic hydroxyl groups is 1. The van der Waals surface area contributed by atoms with E-state index in [1.807, 2.05) is 12.1 Å². The van der Waals surface area contributed by atoms with Crippen LogP contribution in [-0.4, -0.2) is 22.8 Å². The van der Waals surface area contributed by atoms with Crippen LogP contribution in [0.25, 0.3) is 27.5 Å². The summed E-state index contributed by atoms with van der Waals surface area (Å²) in [6.07, 6.45) is 0.785. The average molecular weight is 530 g/mol. The van der Waals surface area contributed by atoms with Crippen LogP contribution in [0, 0.1) is 6.92 Å². The maximum absolute atomic E-state index is 12.3. The summed E-state index contributed by atoms with van der Waals surface area (Å²) in [5.74, 6) is 0.268. The summed E-state index contributed by atoms with van der Waals surface area (Å²) in [5.41, 5.74) is 9.89. The Bertz CT molecular complexity index is 1730. The van der Waals surface area contributed by atoms with Crippen molar-refractivity contribution < 1.29 is 5.11 Å². The topological polar surface area (TPSA) is 63.5 Å². The van der Waals surface area contributed by atoms with E-state index in [2.05, 4.69) is 121 Å². The van der Waals surface area contributed by atoms with Crippen LogP contribution >= 0.6 is 7.05 Å². The first-order valence-corrected chi connectivity index (χ1v) is 15.1. The highest BCUT2D eigenvalue weighted by Gasteiger charge is 2.31. The van der Waals surface area contributed by atoms with E-state index >= 15 is 0 Å². The second-order valence-electron chi connectivity index (χ2n) is 9.84. The minimum Gasteiger partial charge on any atom is -0.505 e. The predicted molar refractivity (Wildman–Crippen MR) is 167 cm³/mol. The Balaban J connectivity index is 1.74. The fraction of sp³-hybridized carbons (Fsp3) is 0.118. The number of nitrogens with two attached hydrogens (primary N) is 1. The number of fused-ring (bicyclic) bond motifs is 3. The number of nitrogens with zero attached hydrogens (tertiary/aromatic N) is 2. The van der Waals surface area contributed by atoms with E-state index in [1.54, 1.807) is 0 Å². The SMILES string of the molecule is Cc1cc(-n2c3ccccc3c3ccccc32)c(O)c(P(=NCCCN)(c2ccccc2)c2ccccc2)c1. The number of hydrogen-bond acceptors (Lipinski definition) is 3. The molecule has 39 heavy (non-hydrogen) atoms. The van der Waals surface area contributed by atoms with Crippen LogP contribution in [-0.2, 0) is 0 Å². The summed E-state index contributed by atoms with van der Waals surface area (Å²) in [5, 5.41) is 17.8. The number of rotatable bonds is 7. The van der Waals surface area contributed by atoms with E-state index in [0.717, 1.165) is 55.4 Å². The standard InChI is InChI=1S/C34H32N3OP/c1-25-23-32(37-30-19-10-8-17-28(30)29-18-9-11-20-31(29)37)34(38)33(24-25)39(36-22-12-21-35,26-13-4-2-5-14-26)27-15-6-3-7-16-27/h2-11,13-20,23-24,38H,12,21-22,35H2,1H3. The van der Waals surface area contributed by atoms with Crippen LogP contribution in [0.15, 0.2) is 126 Å². The summed E-state index contributed by atoms with van der Waals surface area (Å²) in [4.78, 5) is 0. The highest BCUT2D eigenvalue weighted by Crippen LogP contribution is 2.50. The quantitative estimate of drug-likeness (QED) is 0.180. The first-order valence-electron chi connectivity index (χ1n) is 13.4. The summed E-state index contributed by atoms with van der Waals surface area (Å²) in [6, 6.07) is 41.9. The largest absolute Gasteiger partial charge is 0.505 e. The van der Waals surface area contributed by atoms with Crippen LogP contribution in [0.5, 0.6) is 5.75 Å². The molecule has 0 spiro atoms. The highest BCUT2D eigenvalue weighted by molar-refractivity contribution is 7.87. The Labute approximate surface area is 229 Å². The molecule has 0 aliphatic rings. The summed E-state index contributed by atoms with van der Waals surface area (Å²) in [6.45, 7) is 3.29. The Morgan fingerprint density at radius 1 is 0.718 bits per heavy atom. The van der Waals surface area contributed by atoms with Crippen LogP contribution in [0.4, 0.5) is 0 Å². The fourth-order valence-electron chi connectivity index (χ4n) is 5.61. The number of phenols is 1. The zero-order valence-corrected chi connectivity index (χ0v) is 22.9. The van der Waals surface area contributed by atoms with Gasteiger partial charge < -0.3 is 15.4 Å². The lowest BCUT2D eigenvalue weighted by molar-refractivity contribution is 0.477. The molecule has 5 aromatic carbocycles. The molecule has 0 fully saturated rings. The minimum absolute atomic E-state index is 0.268. The van der Waals surface area contributed by atoms with Crippen molar-refractivity contribution in [2.24, 2.45) is 10.5 Å². The first kappa shape index (κ1) is 25.2. The molecule has 0 aliphatic heterocycles. The number of hydrogen-bond donors (Lipinski definition) is 2. The fourth-order valence-corrected chi connectivity index (χ4v) is 9.40. The predicted octanol–water partition coefficient (Wildman–Crippen LogP) is 6.62. The molecule has 0 radical (unpaired) electrons. The van der Waals surface area contributed by atoms with Gasteiger partial charge in [0.05, 0.1) is 23.8 Å². The Morgan fingerprint density at radius 3 is 1.77 bits per heavy atom. The molecular formula is C34H32N3OP. The maximum Gasteiger partial charge on any atom is 0.149 e. The third-order valence-corrected chi connectivity index (χ3v) is 11.1. The molecule has 0 amide bonds. The Hall–Kier alpha value is -4.11. The number of aromatic nitrogens is 1. The van der Waals surface area contributed by atoms with Gasteiger partial charge in [-0.25, -0.2) is 0 Å². The van der Waals surface area contributed by atoms with Crippen LogP contribution in [0.3, 0.4) is 0 Å². The van der Waals surface area contributed by atoms with Gasteiger partial charge >= 0.3 is 0 Å². The van der Waals surface area contributed by atoms with E-state index in [4.69, 9.17) is 10.5 Å². The zero-order valence-electron chi connectivity index (χ0n) is 22.0. The maximum atomic E-state index is 12.3. The molecule has 1 aromatic heterocycles. The van der Waals surface area contributed by atoms with Gasteiger partial charge in [-0.3, -0.25) is 4.74 Å². The smallest absolute Gasteiger partial charge is 0.149 e. The van der Waals surface area contributed by atoms with Crippen molar-refractivity contribution in [2.45, 2.75) is 13.3 Å². The lowest BCUT2D eigenvalue weighted by atomic mass is 10.2. The van der Waals surface area contributed by atoms with Crippen molar-refractivity contribution in [3.8, 4) is 11.4 Å². The lowest BCUT2D eigenvalue weighted by Gasteiger charge is -2.29. The van der Waals surface area contributed by atoms with Crippen molar-refractivity contribution in [2.75, 3.05) is 13.1 Å². The van der Waals surface area contributed by atoms with E-state index in [-0.39, 0.29) is 5.75 Å². The van der Waals surface area contributed by atoms with Crippen molar-refractivity contribution in [1.29, 1.82) is 0 Å². The minimum atomic E-state index is -2.59. The van der Waals surface area contributed by atoms with Crippen molar-refractivity contribution in [3.63, 3.8) is 0 Å². The molecule has 0 unspecified atom stereocenters. The van der Waals surface area contributed by atoms with Gasteiger partial charge in [-0.05, 0) is 49.7 Å². The lowest BCUT2D eigenvalue weighted by Crippen LogP contribution is -2.27. The van der Waals surface area contributed by atoms with Gasteiger partial charge in [0.25, 0.3) is 0 Å². The van der Waals surface area contributed by atoms with Crippen molar-refractivity contribution in [3.05, 3.63) is 127 Å². The van der Waals surface area contributed by atoms with Gasteiger partial charge in [0.15, 0.2) is 0 Å². The zero-order chi connectivity index (χ0) is 26.8. The molecule has 0 aliphatic carbocycles. The van der Waals surface area contributed by atoms with E-state index in [1.165, 1.54) is 0 Å². The van der Waals surface area contributed by atoms with E-state index in [0.29, 0.717) is 13.1 Å². The van der Waals surface area contributed by atoms with Crippen molar-refractivity contribution >= 4 is 44.8 Å². The van der Waals surface area contributed by atoms with E-state index in [9.17, 15) is 5.11 Å². The Kier molecular flexibility index (Phi) is 6.83.